The van der Waals surface area contributed by atoms with E-state index in [0.29, 0.717) is 11.1 Å². The number of nitrogens with one attached hydrogen (secondary N) is 1. The lowest BCUT2D eigenvalue weighted by molar-refractivity contribution is -0.143. The van der Waals surface area contributed by atoms with Gasteiger partial charge in [0.25, 0.3) is 0 Å². The Hall–Kier alpha value is -1.06. The largest absolute Gasteiger partial charge is 0.468 e. The molecule has 116 valence electrons. The maximum Gasteiger partial charge on any atom is 0.327 e. The molecule has 1 aromatic carbocycles. The van der Waals surface area contributed by atoms with Crippen LogP contribution >= 0.6 is 11.6 Å². The molecule has 0 amide bonds. The van der Waals surface area contributed by atoms with Crippen molar-refractivity contribution in [2.24, 2.45) is 0 Å². The summed E-state index contributed by atoms with van der Waals surface area (Å²) in [7, 11) is 1.43. The molecule has 0 aliphatic heterocycles. The molecule has 1 N–H and O–H groups in total. The van der Waals surface area contributed by atoms with Crippen molar-refractivity contribution in [1.82, 2.24) is 5.32 Å². The van der Waals surface area contributed by atoms with Crippen molar-refractivity contribution in [3.05, 3.63) is 34.3 Å². The van der Waals surface area contributed by atoms with Gasteiger partial charge in [-0.25, -0.2) is 4.79 Å². The first-order chi connectivity index (χ1) is 10.1. The van der Waals surface area contributed by atoms with Gasteiger partial charge in [0.2, 0.25) is 0 Å². The normalized spacial score (nSPS) is 18.0. The molecule has 0 saturated heterocycles. The second-order valence-electron chi connectivity index (χ2n) is 5.82. The second-order valence-corrected chi connectivity index (χ2v) is 6.23. The van der Waals surface area contributed by atoms with Crippen LogP contribution in [0.2, 0.25) is 5.02 Å². The summed E-state index contributed by atoms with van der Waals surface area (Å²) in [4.78, 5) is 12.1. The molecule has 1 saturated carbocycles. The maximum absolute atomic E-state index is 12.1. The van der Waals surface area contributed by atoms with E-state index in [1.807, 2.05) is 25.1 Å². The Morgan fingerprint density at radius 3 is 2.52 bits per heavy atom. The highest BCUT2D eigenvalue weighted by Crippen LogP contribution is 2.25. The standard InChI is InChI=1S/C17H24ClNO2/c1-12-9-10-13(11-15(12)18)16(17(20)21-2)19-14-7-5-3-4-6-8-14/h9-11,14,16,19H,3-8H2,1-2H3. The van der Waals surface area contributed by atoms with E-state index < -0.39 is 6.04 Å². The molecule has 0 bridgehead atoms. The minimum atomic E-state index is -0.434. The summed E-state index contributed by atoms with van der Waals surface area (Å²) in [6, 6.07) is 5.70. The molecule has 0 heterocycles. The van der Waals surface area contributed by atoms with E-state index in [9.17, 15) is 4.79 Å². The number of benzene rings is 1. The Morgan fingerprint density at radius 2 is 1.95 bits per heavy atom. The first kappa shape index (κ1) is 16.3. The molecule has 0 radical (unpaired) electrons. The number of halogens is 1. The van der Waals surface area contributed by atoms with Gasteiger partial charge in [0.05, 0.1) is 7.11 Å². The van der Waals surface area contributed by atoms with Crippen LogP contribution in [0.5, 0.6) is 0 Å². The average Bonchev–Trinajstić information content (AvgIpc) is 2.75. The predicted octanol–water partition coefficient (Wildman–Crippen LogP) is 4.17. The topological polar surface area (TPSA) is 38.3 Å². The molecule has 1 unspecified atom stereocenters. The lowest BCUT2D eigenvalue weighted by Gasteiger charge is -2.24. The summed E-state index contributed by atoms with van der Waals surface area (Å²) in [5.74, 6) is -0.251. The SMILES string of the molecule is COC(=O)C(NC1CCCCCC1)c1ccc(C)c(Cl)c1. The minimum absolute atomic E-state index is 0.251. The third-order valence-corrected chi connectivity index (χ3v) is 4.63. The summed E-state index contributed by atoms with van der Waals surface area (Å²) in [5.41, 5.74) is 1.89. The summed E-state index contributed by atoms with van der Waals surface area (Å²) in [5, 5.41) is 4.16. The van der Waals surface area contributed by atoms with E-state index in [1.54, 1.807) is 0 Å². The van der Waals surface area contributed by atoms with Crippen LogP contribution in [0.4, 0.5) is 0 Å². The number of ether oxygens (including phenoxy) is 1. The highest BCUT2D eigenvalue weighted by molar-refractivity contribution is 6.31. The third-order valence-electron chi connectivity index (χ3n) is 4.22. The van der Waals surface area contributed by atoms with Crippen LogP contribution in [0.25, 0.3) is 0 Å². The molecular weight excluding hydrogens is 286 g/mol. The summed E-state index contributed by atoms with van der Waals surface area (Å²) < 4.78 is 4.97. The molecule has 4 heteroatoms. The first-order valence-electron chi connectivity index (χ1n) is 7.71. The van der Waals surface area contributed by atoms with Crippen molar-refractivity contribution in [1.29, 1.82) is 0 Å². The number of hydrogen-bond donors (Lipinski definition) is 1. The Kier molecular flexibility index (Phi) is 6.07. The van der Waals surface area contributed by atoms with Crippen LogP contribution < -0.4 is 5.32 Å². The number of hydrogen-bond acceptors (Lipinski definition) is 3. The highest BCUT2D eigenvalue weighted by atomic mass is 35.5. The van der Waals surface area contributed by atoms with Crippen molar-refractivity contribution in [3.63, 3.8) is 0 Å². The van der Waals surface area contributed by atoms with Gasteiger partial charge in [-0.1, -0.05) is 49.4 Å². The second kappa shape index (κ2) is 7.81. The highest BCUT2D eigenvalue weighted by Gasteiger charge is 2.25. The van der Waals surface area contributed by atoms with Crippen molar-refractivity contribution in [2.75, 3.05) is 7.11 Å². The van der Waals surface area contributed by atoms with Gasteiger partial charge < -0.3 is 4.74 Å². The molecule has 1 atom stereocenters. The summed E-state index contributed by atoms with van der Waals surface area (Å²) in [6.45, 7) is 1.96. The van der Waals surface area contributed by atoms with E-state index in [0.717, 1.165) is 24.0 Å². The molecule has 1 aliphatic rings. The molecule has 1 aromatic rings. The molecule has 21 heavy (non-hydrogen) atoms. The first-order valence-corrected chi connectivity index (χ1v) is 8.09. The zero-order chi connectivity index (χ0) is 15.2. The molecule has 3 nitrogen and oxygen atoms in total. The Labute approximate surface area is 132 Å². The van der Waals surface area contributed by atoms with Crippen molar-refractivity contribution in [3.8, 4) is 0 Å². The molecule has 0 spiro atoms. The van der Waals surface area contributed by atoms with Crippen LogP contribution in [0, 0.1) is 6.92 Å². The quantitative estimate of drug-likeness (QED) is 0.670. The van der Waals surface area contributed by atoms with Crippen LogP contribution in [0.3, 0.4) is 0 Å². The van der Waals surface area contributed by atoms with Gasteiger partial charge in [-0.2, -0.15) is 0 Å². The van der Waals surface area contributed by atoms with E-state index >= 15 is 0 Å². The monoisotopic (exact) mass is 309 g/mol. The Morgan fingerprint density at radius 1 is 1.29 bits per heavy atom. The zero-order valence-corrected chi connectivity index (χ0v) is 13.6. The van der Waals surface area contributed by atoms with Crippen LogP contribution in [0.15, 0.2) is 18.2 Å². The van der Waals surface area contributed by atoms with Gasteiger partial charge in [-0.15, -0.1) is 0 Å². The fourth-order valence-electron chi connectivity index (χ4n) is 2.89. The van der Waals surface area contributed by atoms with Crippen molar-refractivity contribution < 1.29 is 9.53 Å². The number of carbonyl (C=O) groups excluding carboxylic acids is 1. The fourth-order valence-corrected chi connectivity index (χ4v) is 3.08. The summed E-state index contributed by atoms with van der Waals surface area (Å²) >= 11 is 6.19. The number of aryl methyl sites for hydroxylation is 1. The smallest absolute Gasteiger partial charge is 0.327 e. The molecule has 2 rings (SSSR count). The Balaban J connectivity index is 2.17. The zero-order valence-electron chi connectivity index (χ0n) is 12.8. The van der Waals surface area contributed by atoms with Crippen LogP contribution in [-0.4, -0.2) is 19.1 Å². The maximum atomic E-state index is 12.1. The molecule has 0 aromatic heterocycles. The van der Waals surface area contributed by atoms with E-state index in [1.165, 1.54) is 32.8 Å². The van der Waals surface area contributed by atoms with E-state index in [4.69, 9.17) is 16.3 Å². The molecular formula is C17H24ClNO2. The number of esters is 1. The van der Waals surface area contributed by atoms with E-state index in [2.05, 4.69) is 5.32 Å². The van der Waals surface area contributed by atoms with Gasteiger partial charge in [0.1, 0.15) is 6.04 Å². The average molecular weight is 310 g/mol. The number of carbonyl (C=O) groups is 1. The van der Waals surface area contributed by atoms with E-state index in [-0.39, 0.29) is 5.97 Å². The van der Waals surface area contributed by atoms with Gasteiger partial charge >= 0.3 is 5.97 Å². The van der Waals surface area contributed by atoms with Gasteiger partial charge in [-0.05, 0) is 37.0 Å². The van der Waals surface area contributed by atoms with Gasteiger partial charge in [0, 0.05) is 11.1 Å². The number of rotatable bonds is 4. The third kappa shape index (κ3) is 4.45. The van der Waals surface area contributed by atoms with Crippen molar-refractivity contribution in [2.45, 2.75) is 57.5 Å². The van der Waals surface area contributed by atoms with Crippen molar-refractivity contribution >= 4 is 17.6 Å². The lowest BCUT2D eigenvalue weighted by Crippen LogP contribution is -2.37. The Bertz CT molecular complexity index is 482. The van der Waals surface area contributed by atoms with Gasteiger partial charge in [-0.3, -0.25) is 5.32 Å². The van der Waals surface area contributed by atoms with Crippen LogP contribution in [-0.2, 0) is 9.53 Å². The predicted molar refractivity (Wildman–Crippen MR) is 85.6 cm³/mol. The molecule has 1 aliphatic carbocycles. The fraction of sp³-hybridized carbons (Fsp3) is 0.588. The number of methoxy groups -OCH3 is 1. The summed E-state index contributed by atoms with van der Waals surface area (Å²) in [6.07, 6.45) is 7.26. The van der Waals surface area contributed by atoms with Gasteiger partial charge in [0.15, 0.2) is 0 Å². The van der Waals surface area contributed by atoms with Crippen LogP contribution in [0.1, 0.15) is 55.7 Å². The molecule has 1 fully saturated rings. The minimum Gasteiger partial charge on any atom is -0.468 e. The lowest BCUT2D eigenvalue weighted by atomic mass is 10.0.